The molecule has 8 nitrogen and oxygen atoms in total. The zero-order valence-corrected chi connectivity index (χ0v) is 14.9. The van der Waals surface area contributed by atoms with Crippen molar-refractivity contribution in [2.24, 2.45) is 5.73 Å². The van der Waals surface area contributed by atoms with Crippen molar-refractivity contribution >= 4 is 29.3 Å². The van der Waals surface area contributed by atoms with Gasteiger partial charge in [0.2, 0.25) is 11.8 Å². The molecular weight excluding hydrogens is 348 g/mol. The van der Waals surface area contributed by atoms with E-state index < -0.39 is 23.8 Å². The molecule has 4 rings (SSSR count). The van der Waals surface area contributed by atoms with Crippen molar-refractivity contribution in [3.8, 4) is 0 Å². The molecule has 2 fully saturated rings. The van der Waals surface area contributed by atoms with Gasteiger partial charge >= 0.3 is 0 Å². The predicted molar refractivity (Wildman–Crippen MR) is 97.0 cm³/mol. The van der Waals surface area contributed by atoms with Gasteiger partial charge in [-0.25, -0.2) is 0 Å². The van der Waals surface area contributed by atoms with Crippen molar-refractivity contribution in [1.29, 1.82) is 0 Å². The fraction of sp³-hybridized carbons (Fsp3) is 0.474. The molecular formula is C19H22N4O4. The number of piperidine rings is 1. The molecule has 0 radical (unpaired) electrons. The second kappa shape index (κ2) is 6.45. The van der Waals surface area contributed by atoms with Crippen LogP contribution < -0.4 is 16.4 Å². The van der Waals surface area contributed by atoms with Gasteiger partial charge in [0.25, 0.3) is 11.8 Å². The SMILES string of the molecule is NC1(CCNc2ccc3c(c2)C(=O)N(C2CCC(=O)NC2=O)C3=O)CCC1. The lowest BCUT2D eigenvalue weighted by molar-refractivity contribution is -0.136. The first kappa shape index (κ1) is 17.7. The van der Waals surface area contributed by atoms with Gasteiger partial charge in [-0.15, -0.1) is 0 Å². The fourth-order valence-corrected chi connectivity index (χ4v) is 3.92. The van der Waals surface area contributed by atoms with Crippen molar-refractivity contribution in [2.75, 3.05) is 11.9 Å². The Morgan fingerprint density at radius 3 is 2.56 bits per heavy atom. The highest BCUT2D eigenvalue weighted by atomic mass is 16.2. The molecule has 1 atom stereocenters. The molecule has 4 N–H and O–H groups in total. The molecule has 3 aliphatic rings. The zero-order chi connectivity index (χ0) is 19.2. The average Bonchev–Trinajstić information content (AvgIpc) is 2.85. The van der Waals surface area contributed by atoms with Gasteiger partial charge in [-0.2, -0.15) is 0 Å². The number of nitrogens with one attached hydrogen (secondary N) is 2. The summed E-state index contributed by atoms with van der Waals surface area (Å²) in [5, 5.41) is 5.45. The summed E-state index contributed by atoms with van der Waals surface area (Å²) in [6.45, 7) is 0.689. The number of amides is 4. The van der Waals surface area contributed by atoms with Gasteiger partial charge in [0.15, 0.2) is 0 Å². The van der Waals surface area contributed by atoms with Crippen molar-refractivity contribution in [2.45, 2.75) is 50.1 Å². The average molecular weight is 370 g/mol. The third-order valence-corrected chi connectivity index (χ3v) is 5.74. The van der Waals surface area contributed by atoms with E-state index in [4.69, 9.17) is 5.73 Å². The minimum atomic E-state index is -0.942. The van der Waals surface area contributed by atoms with Gasteiger partial charge in [-0.05, 0) is 50.3 Å². The summed E-state index contributed by atoms with van der Waals surface area (Å²) in [6.07, 6.45) is 4.35. The second-order valence-corrected chi connectivity index (χ2v) is 7.60. The number of rotatable bonds is 5. The van der Waals surface area contributed by atoms with Crippen LogP contribution in [0, 0.1) is 0 Å². The summed E-state index contributed by atoms with van der Waals surface area (Å²) in [5.74, 6) is -1.98. The van der Waals surface area contributed by atoms with Crippen LogP contribution in [0.2, 0.25) is 0 Å². The van der Waals surface area contributed by atoms with E-state index in [9.17, 15) is 19.2 Å². The smallest absolute Gasteiger partial charge is 0.262 e. The molecule has 1 saturated carbocycles. The Bertz CT molecular complexity index is 846. The first-order valence-corrected chi connectivity index (χ1v) is 9.26. The van der Waals surface area contributed by atoms with E-state index in [0.29, 0.717) is 6.54 Å². The van der Waals surface area contributed by atoms with Gasteiger partial charge in [-0.1, -0.05) is 0 Å². The van der Waals surface area contributed by atoms with E-state index in [-0.39, 0.29) is 35.4 Å². The van der Waals surface area contributed by atoms with Crippen LogP contribution >= 0.6 is 0 Å². The molecule has 1 unspecified atom stereocenters. The Morgan fingerprint density at radius 1 is 1.15 bits per heavy atom. The molecule has 0 bridgehead atoms. The molecule has 0 aromatic heterocycles. The number of nitrogens with two attached hydrogens (primary N) is 1. The summed E-state index contributed by atoms with van der Waals surface area (Å²) in [4.78, 5) is 49.8. The van der Waals surface area contributed by atoms with Crippen molar-refractivity contribution < 1.29 is 19.2 Å². The lowest BCUT2D eigenvalue weighted by atomic mass is 9.75. The van der Waals surface area contributed by atoms with Crippen molar-refractivity contribution in [3.05, 3.63) is 29.3 Å². The molecule has 142 valence electrons. The van der Waals surface area contributed by atoms with E-state index in [2.05, 4.69) is 10.6 Å². The largest absolute Gasteiger partial charge is 0.385 e. The van der Waals surface area contributed by atoms with Crippen LogP contribution in [0.25, 0.3) is 0 Å². The van der Waals surface area contributed by atoms with Gasteiger partial charge < -0.3 is 11.1 Å². The maximum absolute atomic E-state index is 12.8. The number of anilines is 1. The van der Waals surface area contributed by atoms with Crippen LogP contribution in [0.1, 0.15) is 59.2 Å². The number of nitrogens with zero attached hydrogens (tertiary/aromatic N) is 1. The Morgan fingerprint density at radius 2 is 1.89 bits per heavy atom. The normalized spacial score (nSPS) is 23.7. The monoisotopic (exact) mass is 370 g/mol. The predicted octanol–water partition coefficient (Wildman–Crippen LogP) is 0.771. The quantitative estimate of drug-likeness (QED) is 0.658. The summed E-state index contributed by atoms with van der Waals surface area (Å²) in [7, 11) is 0. The lowest BCUT2D eigenvalue weighted by Crippen LogP contribution is -2.54. The third-order valence-electron chi connectivity index (χ3n) is 5.74. The summed E-state index contributed by atoms with van der Waals surface area (Å²) in [6, 6.07) is 4.06. The lowest BCUT2D eigenvalue weighted by Gasteiger charge is -2.38. The minimum Gasteiger partial charge on any atom is -0.385 e. The molecule has 8 heteroatoms. The number of fused-ring (bicyclic) bond motifs is 1. The third kappa shape index (κ3) is 3.10. The number of carbonyl (C=O) groups is 4. The number of hydrogen-bond acceptors (Lipinski definition) is 6. The molecule has 0 spiro atoms. The maximum Gasteiger partial charge on any atom is 0.262 e. The van der Waals surface area contributed by atoms with Crippen LogP contribution in [-0.2, 0) is 9.59 Å². The van der Waals surface area contributed by atoms with E-state index in [1.807, 2.05) is 0 Å². The molecule has 2 aliphatic heterocycles. The highest BCUT2D eigenvalue weighted by Gasteiger charge is 2.44. The standard InChI is InChI=1S/C19H22N4O4/c20-19(6-1-7-19)8-9-21-11-2-3-12-13(10-11)18(27)23(17(12)26)14-4-5-15(24)22-16(14)25/h2-3,10,14,21H,1,4-9,20H2,(H,22,24,25). The number of imide groups is 2. The van der Waals surface area contributed by atoms with E-state index in [1.165, 1.54) is 6.42 Å². The van der Waals surface area contributed by atoms with Gasteiger partial charge in [0.05, 0.1) is 11.1 Å². The maximum atomic E-state index is 12.8. The highest BCUT2D eigenvalue weighted by molar-refractivity contribution is 6.23. The van der Waals surface area contributed by atoms with Crippen LogP contribution in [0.5, 0.6) is 0 Å². The summed E-state index contributed by atoms with van der Waals surface area (Å²) >= 11 is 0. The Balaban J connectivity index is 1.48. The first-order chi connectivity index (χ1) is 12.9. The summed E-state index contributed by atoms with van der Waals surface area (Å²) in [5.41, 5.74) is 7.43. The molecule has 1 aliphatic carbocycles. The Labute approximate surface area is 156 Å². The molecule has 1 aromatic rings. The van der Waals surface area contributed by atoms with Crippen LogP contribution in [0.3, 0.4) is 0 Å². The second-order valence-electron chi connectivity index (χ2n) is 7.60. The van der Waals surface area contributed by atoms with Gasteiger partial charge in [-0.3, -0.25) is 29.4 Å². The van der Waals surface area contributed by atoms with Crippen LogP contribution in [-0.4, -0.2) is 46.7 Å². The van der Waals surface area contributed by atoms with E-state index >= 15 is 0 Å². The first-order valence-electron chi connectivity index (χ1n) is 9.26. The Kier molecular flexibility index (Phi) is 4.22. The molecule has 1 aromatic carbocycles. The fourth-order valence-electron chi connectivity index (χ4n) is 3.92. The number of hydrogen-bond donors (Lipinski definition) is 3. The topological polar surface area (TPSA) is 122 Å². The molecule has 27 heavy (non-hydrogen) atoms. The molecule has 1 saturated heterocycles. The molecule has 2 heterocycles. The van der Waals surface area contributed by atoms with Gasteiger partial charge in [0.1, 0.15) is 6.04 Å². The summed E-state index contributed by atoms with van der Waals surface area (Å²) < 4.78 is 0. The van der Waals surface area contributed by atoms with E-state index in [1.54, 1.807) is 18.2 Å². The van der Waals surface area contributed by atoms with E-state index in [0.717, 1.165) is 29.8 Å². The molecule has 4 amide bonds. The van der Waals surface area contributed by atoms with Crippen LogP contribution in [0.4, 0.5) is 5.69 Å². The number of carbonyl (C=O) groups excluding carboxylic acids is 4. The van der Waals surface area contributed by atoms with Crippen molar-refractivity contribution in [1.82, 2.24) is 10.2 Å². The van der Waals surface area contributed by atoms with Crippen LogP contribution in [0.15, 0.2) is 18.2 Å². The van der Waals surface area contributed by atoms with Crippen molar-refractivity contribution in [3.63, 3.8) is 0 Å². The minimum absolute atomic E-state index is 0.0852. The van der Waals surface area contributed by atoms with Gasteiger partial charge in [0, 0.05) is 24.2 Å². The number of benzene rings is 1. The highest BCUT2D eigenvalue weighted by Crippen LogP contribution is 2.32. The zero-order valence-electron chi connectivity index (χ0n) is 14.9. The Hall–Kier alpha value is -2.74.